The predicted octanol–water partition coefficient (Wildman–Crippen LogP) is 8.21. The molecule has 1 aromatic rings. The van der Waals surface area contributed by atoms with Gasteiger partial charge >= 0.3 is 5.97 Å². The molecule has 0 amide bonds. The van der Waals surface area contributed by atoms with Gasteiger partial charge in [0.25, 0.3) is 0 Å². The number of anilines is 1. The summed E-state index contributed by atoms with van der Waals surface area (Å²) >= 11 is 0. The van der Waals surface area contributed by atoms with Crippen molar-refractivity contribution in [2.45, 2.75) is 109 Å². The Morgan fingerprint density at radius 3 is 1.79 bits per heavy atom. The van der Waals surface area contributed by atoms with Crippen molar-refractivity contribution < 1.29 is 9.90 Å². The molecule has 0 radical (unpaired) electrons. The Kier molecular flexibility index (Phi) is 13.8. The first-order chi connectivity index (χ1) is 13.9. The largest absolute Gasteiger partial charge is 0.478 e. The minimum absolute atomic E-state index is 0.341. The summed E-state index contributed by atoms with van der Waals surface area (Å²) in [5.41, 5.74) is 1.35. The van der Waals surface area contributed by atoms with Gasteiger partial charge in [-0.25, -0.2) is 4.79 Å². The second-order valence-corrected chi connectivity index (χ2v) is 14.7. The van der Waals surface area contributed by atoms with Crippen LogP contribution in [0, 0.1) is 0 Å². The van der Waals surface area contributed by atoms with E-state index in [1.165, 1.54) is 89.1 Å². The second-order valence-electron chi connectivity index (χ2n) is 9.36. The summed E-state index contributed by atoms with van der Waals surface area (Å²) in [5.74, 6) is -0.871. The van der Waals surface area contributed by atoms with Crippen molar-refractivity contribution in [3.8, 4) is 0 Å². The number of aromatic carboxylic acids is 1. The zero-order valence-electron chi connectivity index (χ0n) is 19.3. The molecule has 0 aliphatic carbocycles. The Morgan fingerprint density at radius 1 is 0.793 bits per heavy atom. The fourth-order valence-corrected chi connectivity index (χ4v) is 6.57. The van der Waals surface area contributed by atoms with Crippen molar-refractivity contribution in [2.24, 2.45) is 0 Å². The molecule has 166 valence electrons. The third-order valence-corrected chi connectivity index (χ3v) is 9.36. The molecule has 0 heterocycles. The maximum atomic E-state index is 10.8. The number of carboxylic acid groups (broad SMARTS) is 1. The van der Waals surface area contributed by atoms with Crippen molar-refractivity contribution in [1.82, 2.24) is 0 Å². The highest BCUT2D eigenvalue weighted by Crippen LogP contribution is 2.23. The van der Waals surface area contributed by atoms with Crippen molar-refractivity contribution in [3.05, 3.63) is 29.8 Å². The lowest BCUT2D eigenvalue weighted by Crippen LogP contribution is -2.24. The molecule has 0 saturated carbocycles. The zero-order valence-corrected chi connectivity index (χ0v) is 20.3. The lowest BCUT2D eigenvalue weighted by molar-refractivity contribution is 0.0697. The highest BCUT2D eigenvalue weighted by molar-refractivity contribution is 6.77. The minimum atomic E-state index is -0.899. The zero-order chi connectivity index (χ0) is 21.4. The highest BCUT2D eigenvalue weighted by atomic mass is 28.3. The van der Waals surface area contributed by atoms with Gasteiger partial charge in [-0.1, -0.05) is 103 Å². The van der Waals surface area contributed by atoms with Gasteiger partial charge in [0.05, 0.1) is 5.56 Å². The summed E-state index contributed by atoms with van der Waals surface area (Å²) < 4.78 is 0. The van der Waals surface area contributed by atoms with E-state index in [1.807, 2.05) is 12.1 Å². The van der Waals surface area contributed by atoms with E-state index in [1.54, 1.807) is 12.1 Å². The molecule has 0 atom stereocenters. The third-order valence-electron chi connectivity index (χ3n) is 5.95. The van der Waals surface area contributed by atoms with Gasteiger partial charge in [0, 0.05) is 20.3 Å². The summed E-state index contributed by atoms with van der Waals surface area (Å²) in [6, 6.07) is 10.1. The molecule has 0 aliphatic heterocycles. The van der Waals surface area contributed by atoms with Crippen molar-refractivity contribution >= 4 is 19.7 Å². The first kappa shape index (κ1) is 25.7. The normalized spacial score (nSPS) is 11.6. The van der Waals surface area contributed by atoms with Crippen molar-refractivity contribution in [3.63, 3.8) is 0 Å². The second kappa shape index (κ2) is 15.5. The van der Waals surface area contributed by atoms with E-state index < -0.39 is 14.0 Å². The van der Waals surface area contributed by atoms with Crippen LogP contribution < -0.4 is 5.32 Å². The average molecular weight is 420 g/mol. The van der Waals surface area contributed by atoms with Gasteiger partial charge in [0.1, 0.15) is 0 Å². The molecule has 1 rings (SSSR count). The molecule has 0 bridgehead atoms. The minimum Gasteiger partial charge on any atom is -0.478 e. The average Bonchev–Trinajstić information content (AvgIpc) is 2.69. The van der Waals surface area contributed by atoms with Crippen LogP contribution in [0.3, 0.4) is 0 Å². The molecule has 0 aliphatic rings. The van der Waals surface area contributed by atoms with Crippen LogP contribution in [-0.2, 0) is 0 Å². The smallest absolute Gasteiger partial charge is 0.335 e. The van der Waals surface area contributed by atoms with Gasteiger partial charge in [-0.3, -0.25) is 0 Å². The fourth-order valence-electron chi connectivity index (χ4n) is 3.91. The predicted molar refractivity (Wildman–Crippen MR) is 130 cm³/mol. The molecule has 0 spiro atoms. The number of carboxylic acids is 1. The Bertz CT molecular complexity index is 542. The molecule has 0 unspecified atom stereocenters. The van der Waals surface area contributed by atoms with Gasteiger partial charge in [-0.05, 0) is 30.7 Å². The summed E-state index contributed by atoms with van der Waals surface area (Å²) in [6.07, 6.45) is 16.5. The van der Waals surface area contributed by atoms with E-state index in [4.69, 9.17) is 5.11 Å². The van der Waals surface area contributed by atoms with Crippen LogP contribution in [0.15, 0.2) is 24.3 Å². The number of hydrogen-bond donors (Lipinski definition) is 2. The molecular weight excluding hydrogens is 374 g/mol. The Hall–Kier alpha value is -1.29. The third kappa shape index (κ3) is 13.5. The van der Waals surface area contributed by atoms with E-state index >= 15 is 0 Å². The first-order valence-corrected chi connectivity index (χ1v) is 15.4. The number of nitrogens with one attached hydrogen (secondary N) is 1. The molecule has 29 heavy (non-hydrogen) atoms. The van der Waals surface area contributed by atoms with E-state index in [0.29, 0.717) is 5.56 Å². The number of unbranched alkanes of at least 4 members (excludes halogenated alkanes) is 10. The summed E-state index contributed by atoms with van der Waals surface area (Å²) in [5, 5.41) is 12.3. The maximum absolute atomic E-state index is 10.8. The van der Waals surface area contributed by atoms with Gasteiger partial charge in [-0.2, -0.15) is 0 Å². The molecule has 0 saturated heterocycles. The van der Waals surface area contributed by atoms with Gasteiger partial charge in [0.2, 0.25) is 0 Å². The highest BCUT2D eigenvalue weighted by Gasteiger charge is 2.18. The fraction of sp³-hybridized carbons (Fsp3) is 0.720. The number of carbonyl (C=O) groups is 1. The molecule has 4 heteroatoms. The van der Waals surface area contributed by atoms with Gasteiger partial charge < -0.3 is 10.4 Å². The quantitative estimate of drug-likeness (QED) is 0.186. The number of rotatable bonds is 18. The molecule has 0 fully saturated rings. The lowest BCUT2D eigenvalue weighted by atomic mass is 10.1. The first-order valence-electron chi connectivity index (χ1n) is 12.0. The van der Waals surface area contributed by atoms with Crippen LogP contribution in [0.25, 0.3) is 0 Å². The van der Waals surface area contributed by atoms with Crippen LogP contribution in [0.2, 0.25) is 25.2 Å². The Balaban J connectivity index is 1.89. The topological polar surface area (TPSA) is 49.3 Å². The van der Waals surface area contributed by atoms with Crippen LogP contribution in [0.4, 0.5) is 5.69 Å². The Morgan fingerprint density at radius 2 is 1.28 bits per heavy atom. The van der Waals surface area contributed by atoms with E-state index in [2.05, 4.69) is 25.3 Å². The molecule has 0 aromatic heterocycles. The molecule has 2 N–H and O–H groups in total. The van der Waals surface area contributed by atoms with Crippen LogP contribution >= 0.6 is 0 Å². The summed E-state index contributed by atoms with van der Waals surface area (Å²) in [7, 11) is -0.899. The number of benzene rings is 1. The molecule has 1 aromatic carbocycles. The van der Waals surface area contributed by atoms with Gasteiger partial charge in [-0.15, -0.1) is 0 Å². The number of hydrogen-bond acceptors (Lipinski definition) is 2. The van der Waals surface area contributed by atoms with E-state index in [9.17, 15) is 4.79 Å². The summed E-state index contributed by atoms with van der Waals surface area (Å²) in [6.45, 7) is 8.44. The molecule has 3 nitrogen and oxygen atoms in total. The van der Waals surface area contributed by atoms with Crippen molar-refractivity contribution in [2.75, 3.05) is 11.9 Å². The van der Waals surface area contributed by atoms with Crippen LogP contribution in [0.5, 0.6) is 0 Å². The lowest BCUT2D eigenvalue weighted by Gasteiger charge is -2.22. The van der Waals surface area contributed by atoms with E-state index in [0.717, 1.165) is 12.2 Å². The standard InChI is InChI=1S/C25H45NO2Si/c1-4-5-14-21-29(2,3)22-15-12-10-8-6-7-9-11-13-20-26-24-18-16-23(17-19-24)25(27)28/h16-19,26H,4-15,20-22H2,1-3H3,(H,27,28). The van der Waals surface area contributed by atoms with Crippen molar-refractivity contribution in [1.29, 1.82) is 0 Å². The van der Waals surface area contributed by atoms with Gasteiger partial charge in [0.15, 0.2) is 0 Å². The van der Waals surface area contributed by atoms with E-state index in [-0.39, 0.29) is 0 Å². The monoisotopic (exact) mass is 419 g/mol. The maximum Gasteiger partial charge on any atom is 0.335 e. The molecular formula is C25H45NO2Si. The van der Waals surface area contributed by atoms with Crippen LogP contribution in [-0.4, -0.2) is 25.7 Å². The summed E-state index contributed by atoms with van der Waals surface area (Å²) in [4.78, 5) is 10.8. The Labute approximate surface area is 180 Å². The van der Waals surface area contributed by atoms with Crippen LogP contribution in [0.1, 0.15) is 94.3 Å². The SMILES string of the molecule is CCCCC[Si](C)(C)CCCCCCCCCCCNc1ccc(C(=O)O)cc1.